The van der Waals surface area contributed by atoms with Crippen LogP contribution in [-0.2, 0) is 13.3 Å². The number of pyridine rings is 2. The van der Waals surface area contributed by atoms with Crippen LogP contribution in [0.5, 0.6) is 5.75 Å². The third kappa shape index (κ3) is 4.07. The molecule has 0 atom stereocenters. The van der Waals surface area contributed by atoms with Crippen molar-refractivity contribution in [2.75, 3.05) is 0 Å². The molecule has 0 fully saturated rings. The fraction of sp³-hybridized carbons (Fsp3) is 0.143. The maximum atomic E-state index is 11.4. The Hall–Kier alpha value is -3.78. The minimum atomic E-state index is -0.380. The SMILES string of the molecule is Cc1c(O)c(=O)ccn1CNCn1cc(-c2ccc(-c3ccncc3)cc2)nn1. The van der Waals surface area contributed by atoms with Gasteiger partial charge in [-0.05, 0) is 30.2 Å². The highest BCUT2D eigenvalue weighted by Gasteiger charge is 2.06. The molecule has 0 spiro atoms. The molecular formula is C21H20N6O2. The van der Waals surface area contributed by atoms with Gasteiger partial charge in [0.15, 0.2) is 5.75 Å². The minimum Gasteiger partial charge on any atom is -0.503 e. The van der Waals surface area contributed by atoms with Crippen LogP contribution in [0, 0.1) is 6.92 Å². The van der Waals surface area contributed by atoms with Crippen molar-refractivity contribution >= 4 is 0 Å². The van der Waals surface area contributed by atoms with Gasteiger partial charge in [-0.3, -0.25) is 15.1 Å². The third-order valence-electron chi connectivity index (χ3n) is 4.70. The van der Waals surface area contributed by atoms with Gasteiger partial charge in [0.25, 0.3) is 0 Å². The zero-order chi connectivity index (χ0) is 20.2. The Morgan fingerprint density at radius 1 is 0.966 bits per heavy atom. The molecule has 0 unspecified atom stereocenters. The summed E-state index contributed by atoms with van der Waals surface area (Å²) in [4.78, 5) is 15.5. The molecule has 4 aromatic rings. The lowest BCUT2D eigenvalue weighted by atomic mass is 10.0. The molecule has 3 aromatic heterocycles. The molecule has 146 valence electrons. The van der Waals surface area contributed by atoms with Gasteiger partial charge in [0, 0.05) is 30.2 Å². The highest BCUT2D eigenvalue weighted by atomic mass is 16.3. The Kier molecular flexibility index (Phi) is 5.17. The highest BCUT2D eigenvalue weighted by molar-refractivity contribution is 5.68. The van der Waals surface area contributed by atoms with Crippen molar-refractivity contribution in [3.8, 4) is 28.1 Å². The Balaban J connectivity index is 1.40. The first-order chi connectivity index (χ1) is 14.1. The molecule has 0 aliphatic rings. The van der Waals surface area contributed by atoms with Crippen molar-refractivity contribution in [3.63, 3.8) is 0 Å². The lowest BCUT2D eigenvalue weighted by Crippen LogP contribution is -2.24. The predicted octanol–water partition coefficient (Wildman–Crippen LogP) is 2.39. The lowest BCUT2D eigenvalue weighted by molar-refractivity contribution is 0.421. The van der Waals surface area contributed by atoms with Crippen molar-refractivity contribution < 1.29 is 5.11 Å². The van der Waals surface area contributed by atoms with Gasteiger partial charge in [0.2, 0.25) is 5.43 Å². The van der Waals surface area contributed by atoms with E-state index in [4.69, 9.17) is 0 Å². The second-order valence-electron chi connectivity index (χ2n) is 6.61. The molecule has 0 bridgehead atoms. The summed E-state index contributed by atoms with van der Waals surface area (Å²) >= 11 is 0. The average molecular weight is 388 g/mol. The molecule has 0 amide bonds. The summed E-state index contributed by atoms with van der Waals surface area (Å²) in [6.45, 7) is 2.56. The monoisotopic (exact) mass is 388 g/mol. The van der Waals surface area contributed by atoms with E-state index in [2.05, 4.69) is 20.6 Å². The number of aromatic hydroxyl groups is 1. The molecule has 0 radical (unpaired) electrons. The van der Waals surface area contributed by atoms with Crippen LogP contribution in [0.4, 0.5) is 0 Å². The van der Waals surface area contributed by atoms with Gasteiger partial charge in [0.05, 0.1) is 25.2 Å². The van der Waals surface area contributed by atoms with Crippen LogP contribution in [0.25, 0.3) is 22.4 Å². The van der Waals surface area contributed by atoms with Crippen molar-refractivity contribution in [2.24, 2.45) is 0 Å². The third-order valence-corrected chi connectivity index (χ3v) is 4.70. The molecule has 8 heteroatoms. The van der Waals surface area contributed by atoms with Crippen molar-refractivity contribution in [1.82, 2.24) is 29.9 Å². The van der Waals surface area contributed by atoms with Gasteiger partial charge in [-0.25, -0.2) is 4.68 Å². The number of aromatic nitrogens is 5. The Labute approximate surface area is 167 Å². The molecular weight excluding hydrogens is 368 g/mol. The largest absolute Gasteiger partial charge is 0.503 e. The van der Waals surface area contributed by atoms with Crippen LogP contribution in [0.15, 0.2) is 72.0 Å². The smallest absolute Gasteiger partial charge is 0.223 e. The first kappa shape index (κ1) is 18.6. The zero-order valence-corrected chi connectivity index (χ0v) is 15.9. The van der Waals surface area contributed by atoms with Crippen LogP contribution < -0.4 is 10.7 Å². The van der Waals surface area contributed by atoms with Crippen LogP contribution >= 0.6 is 0 Å². The first-order valence-corrected chi connectivity index (χ1v) is 9.12. The minimum absolute atomic E-state index is 0.229. The molecule has 29 heavy (non-hydrogen) atoms. The van der Waals surface area contributed by atoms with Gasteiger partial charge in [-0.15, -0.1) is 5.10 Å². The van der Waals surface area contributed by atoms with Crippen LogP contribution in [-0.4, -0.2) is 29.7 Å². The summed E-state index contributed by atoms with van der Waals surface area (Å²) in [7, 11) is 0. The van der Waals surface area contributed by atoms with E-state index in [1.807, 2.05) is 42.6 Å². The van der Waals surface area contributed by atoms with Crippen LogP contribution in [0.2, 0.25) is 0 Å². The second kappa shape index (κ2) is 8.07. The van der Waals surface area contributed by atoms with Gasteiger partial charge < -0.3 is 9.67 Å². The molecule has 2 N–H and O–H groups in total. The standard InChI is InChI=1S/C21H20N6O2/c1-15-21(29)20(28)8-11-26(15)13-23-14-27-12-19(24-25-27)18-4-2-16(3-5-18)17-6-9-22-10-7-17/h2-12,23,29H,13-14H2,1H3. The van der Waals surface area contributed by atoms with E-state index in [9.17, 15) is 9.90 Å². The molecule has 4 rings (SSSR count). The fourth-order valence-corrected chi connectivity index (χ4v) is 3.00. The number of nitrogens with zero attached hydrogens (tertiary/aromatic N) is 5. The van der Waals surface area contributed by atoms with E-state index in [-0.39, 0.29) is 11.2 Å². The first-order valence-electron chi connectivity index (χ1n) is 9.12. The van der Waals surface area contributed by atoms with Crippen LogP contribution in [0.3, 0.4) is 0 Å². The van der Waals surface area contributed by atoms with Crippen molar-refractivity contribution in [1.29, 1.82) is 0 Å². The molecule has 8 nitrogen and oxygen atoms in total. The van der Waals surface area contributed by atoms with Gasteiger partial charge in [-0.1, -0.05) is 29.5 Å². The summed E-state index contributed by atoms with van der Waals surface area (Å²) < 4.78 is 3.45. The summed E-state index contributed by atoms with van der Waals surface area (Å²) in [5, 5.41) is 21.3. The van der Waals surface area contributed by atoms with Crippen molar-refractivity contribution in [3.05, 3.63) is 83.2 Å². The molecule has 0 saturated carbocycles. The van der Waals surface area contributed by atoms with Gasteiger partial charge in [-0.2, -0.15) is 0 Å². The Bertz CT molecular complexity index is 1170. The van der Waals surface area contributed by atoms with E-state index >= 15 is 0 Å². The quantitative estimate of drug-likeness (QED) is 0.526. The van der Waals surface area contributed by atoms with E-state index in [0.29, 0.717) is 19.0 Å². The summed E-state index contributed by atoms with van der Waals surface area (Å²) in [6.07, 6.45) is 7.06. The molecule has 0 aliphatic heterocycles. The molecule has 3 heterocycles. The van der Waals surface area contributed by atoms with Gasteiger partial charge >= 0.3 is 0 Å². The van der Waals surface area contributed by atoms with Crippen LogP contribution in [0.1, 0.15) is 5.69 Å². The average Bonchev–Trinajstić information content (AvgIpc) is 3.23. The topological polar surface area (TPSA) is 97.9 Å². The molecule has 1 aromatic carbocycles. The maximum Gasteiger partial charge on any atom is 0.223 e. The number of hydrogen-bond acceptors (Lipinski definition) is 6. The van der Waals surface area contributed by atoms with E-state index in [1.165, 1.54) is 6.07 Å². The summed E-state index contributed by atoms with van der Waals surface area (Å²) in [5.74, 6) is -0.229. The number of nitrogens with one attached hydrogen (secondary N) is 1. The number of rotatable bonds is 6. The molecule has 0 saturated heterocycles. The maximum absolute atomic E-state index is 11.4. The predicted molar refractivity (Wildman–Crippen MR) is 109 cm³/mol. The summed E-state index contributed by atoms with van der Waals surface area (Å²) in [6, 6.07) is 13.4. The Morgan fingerprint density at radius 3 is 2.41 bits per heavy atom. The van der Waals surface area contributed by atoms with E-state index in [0.717, 1.165) is 22.4 Å². The zero-order valence-electron chi connectivity index (χ0n) is 15.9. The number of benzene rings is 1. The van der Waals surface area contributed by atoms with E-state index < -0.39 is 0 Å². The lowest BCUT2D eigenvalue weighted by Gasteiger charge is -2.12. The van der Waals surface area contributed by atoms with Gasteiger partial charge in [0.1, 0.15) is 5.69 Å². The second-order valence-corrected chi connectivity index (χ2v) is 6.61. The molecule has 0 aliphatic carbocycles. The van der Waals surface area contributed by atoms with Crippen molar-refractivity contribution in [2.45, 2.75) is 20.3 Å². The van der Waals surface area contributed by atoms with E-state index in [1.54, 1.807) is 34.8 Å². The summed E-state index contributed by atoms with van der Waals surface area (Å²) in [5.41, 5.74) is 4.13. The Morgan fingerprint density at radius 2 is 1.66 bits per heavy atom. The highest BCUT2D eigenvalue weighted by Crippen LogP contribution is 2.23. The fourth-order valence-electron chi connectivity index (χ4n) is 3.00. The normalized spacial score (nSPS) is 10.9. The number of hydrogen-bond donors (Lipinski definition) is 2.